The van der Waals surface area contributed by atoms with Gasteiger partial charge in [-0.25, -0.2) is 0 Å². The molecule has 3 heteroatoms. The number of carbonyl (C=O) groups excluding carboxylic acids is 1. The summed E-state index contributed by atoms with van der Waals surface area (Å²) in [6.45, 7) is 9.84. The van der Waals surface area contributed by atoms with Gasteiger partial charge in [0.2, 0.25) is 0 Å². The number of esters is 1. The van der Waals surface area contributed by atoms with Crippen molar-refractivity contribution >= 4 is 22.9 Å². The lowest BCUT2D eigenvalue weighted by atomic mass is 9.96. The summed E-state index contributed by atoms with van der Waals surface area (Å²) in [5, 5.41) is 1.97. The molecule has 1 aromatic rings. The lowest BCUT2D eigenvalue weighted by Gasteiger charge is -2.15. The summed E-state index contributed by atoms with van der Waals surface area (Å²) in [6, 6.07) is 3.91. The molecule has 0 radical (unpaired) electrons. The van der Waals surface area contributed by atoms with E-state index in [4.69, 9.17) is 4.74 Å². The minimum absolute atomic E-state index is 0.221. The molecule has 0 aliphatic rings. The van der Waals surface area contributed by atoms with E-state index in [1.54, 1.807) is 24.3 Å². The molecule has 0 aliphatic heterocycles. The molecule has 0 bridgehead atoms. The van der Waals surface area contributed by atoms with Crippen LogP contribution in [0.4, 0.5) is 0 Å². The van der Waals surface area contributed by atoms with E-state index in [0.717, 1.165) is 10.5 Å². The summed E-state index contributed by atoms with van der Waals surface area (Å²) >= 11 is 1.58. The van der Waals surface area contributed by atoms with E-state index in [9.17, 15) is 4.79 Å². The number of ether oxygens (including phenoxy) is 1. The fraction of sp³-hybridized carbons (Fsp3) is 0.308. The maximum absolute atomic E-state index is 11.7. The molecule has 0 saturated heterocycles. The first kappa shape index (κ1) is 12.7. The van der Waals surface area contributed by atoms with Crippen LogP contribution in [0.25, 0.3) is 5.57 Å². The third-order valence-electron chi connectivity index (χ3n) is 2.23. The zero-order valence-electron chi connectivity index (χ0n) is 9.44. The number of rotatable bonds is 6. The van der Waals surface area contributed by atoms with Gasteiger partial charge in [0.05, 0.1) is 12.5 Å². The average molecular weight is 236 g/mol. The van der Waals surface area contributed by atoms with Crippen molar-refractivity contribution < 1.29 is 9.53 Å². The molecule has 86 valence electrons. The Morgan fingerprint density at radius 1 is 1.69 bits per heavy atom. The highest BCUT2D eigenvalue weighted by atomic mass is 32.1. The highest BCUT2D eigenvalue weighted by Crippen LogP contribution is 2.29. The first-order valence-corrected chi connectivity index (χ1v) is 6.08. The molecule has 1 rings (SSSR count). The van der Waals surface area contributed by atoms with Gasteiger partial charge in [0.25, 0.3) is 0 Å². The summed E-state index contributed by atoms with van der Waals surface area (Å²) in [4.78, 5) is 12.8. The summed E-state index contributed by atoms with van der Waals surface area (Å²) < 4.78 is 5.03. The lowest BCUT2D eigenvalue weighted by Crippen LogP contribution is -2.18. The van der Waals surface area contributed by atoms with Crippen molar-refractivity contribution in [3.05, 3.63) is 41.6 Å². The molecule has 1 heterocycles. The molecule has 2 nitrogen and oxygen atoms in total. The molecule has 1 unspecified atom stereocenters. The fourth-order valence-corrected chi connectivity index (χ4v) is 2.18. The van der Waals surface area contributed by atoms with E-state index >= 15 is 0 Å². The average Bonchev–Trinajstić information content (AvgIpc) is 2.78. The first-order valence-electron chi connectivity index (χ1n) is 5.20. The minimum Gasteiger partial charge on any atom is -0.466 e. The van der Waals surface area contributed by atoms with Gasteiger partial charge in [-0.15, -0.1) is 17.9 Å². The predicted octanol–water partition coefficient (Wildman–Crippen LogP) is 3.52. The third-order valence-corrected chi connectivity index (χ3v) is 3.18. The van der Waals surface area contributed by atoms with Crippen molar-refractivity contribution in [1.29, 1.82) is 0 Å². The number of carbonyl (C=O) groups is 1. The van der Waals surface area contributed by atoms with E-state index in [2.05, 4.69) is 13.2 Å². The monoisotopic (exact) mass is 236 g/mol. The van der Waals surface area contributed by atoms with Crippen LogP contribution >= 0.6 is 11.3 Å². The Morgan fingerprint density at radius 2 is 2.44 bits per heavy atom. The van der Waals surface area contributed by atoms with Crippen molar-refractivity contribution in [2.45, 2.75) is 13.3 Å². The Labute approximate surface area is 100 Å². The van der Waals surface area contributed by atoms with Gasteiger partial charge in [-0.3, -0.25) is 4.79 Å². The van der Waals surface area contributed by atoms with Gasteiger partial charge in [-0.05, 0) is 30.4 Å². The topological polar surface area (TPSA) is 26.3 Å². The van der Waals surface area contributed by atoms with Crippen molar-refractivity contribution in [3.63, 3.8) is 0 Å². The molecule has 0 N–H and O–H groups in total. The number of hydrogen-bond acceptors (Lipinski definition) is 3. The van der Waals surface area contributed by atoms with E-state index in [1.165, 1.54) is 0 Å². The standard InChI is InChI=1S/C13H16O2S/c1-4-7-11(13(14)15-5-2)10(3)12-8-6-9-16-12/h4,6,8-9,11H,1,3,5,7H2,2H3. The van der Waals surface area contributed by atoms with E-state index in [1.807, 2.05) is 17.5 Å². The Bertz CT molecular complexity index is 365. The van der Waals surface area contributed by atoms with Gasteiger partial charge in [-0.1, -0.05) is 18.7 Å². The SMILES string of the molecule is C=CCC(C(=C)c1cccs1)C(=O)OCC. The van der Waals surface area contributed by atoms with Crippen LogP contribution in [0.15, 0.2) is 36.7 Å². The third kappa shape index (κ3) is 3.07. The normalized spacial score (nSPS) is 11.8. The summed E-state index contributed by atoms with van der Waals surface area (Å²) in [7, 11) is 0. The van der Waals surface area contributed by atoms with Crippen LogP contribution < -0.4 is 0 Å². The molecular formula is C13H16O2S. The molecule has 0 aliphatic carbocycles. The summed E-state index contributed by atoms with van der Waals surface area (Å²) in [5.74, 6) is -0.531. The van der Waals surface area contributed by atoms with Gasteiger partial charge >= 0.3 is 5.97 Å². The van der Waals surface area contributed by atoms with Crippen LogP contribution in [-0.4, -0.2) is 12.6 Å². The lowest BCUT2D eigenvalue weighted by molar-refractivity contribution is -0.145. The molecule has 0 amide bonds. The van der Waals surface area contributed by atoms with Crippen LogP contribution in [0.1, 0.15) is 18.2 Å². The van der Waals surface area contributed by atoms with Gasteiger partial charge in [0.15, 0.2) is 0 Å². The Balaban J connectivity index is 2.81. The molecule has 0 saturated carbocycles. The van der Waals surface area contributed by atoms with Crippen LogP contribution in [-0.2, 0) is 9.53 Å². The van der Waals surface area contributed by atoms with Gasteiger partial charge in [0, 0.05) is 4.88 Å². The van der Waals surface area contributed by atoms with E-state index < -0.39 is 0 Å². The maximum atomic E-state index is 11.7. The van der Waals surface area contributed by atoms with Gasteiger partial charge in [-0.2, -0.15) is 0 Å². The molecule has 0 fully saturated rings. The van der Waals surface area contributed by atoms with Crippen molar-refractivity contribution in [2.75, 3.05) is 6.61 Å². The Kier molecular flexibility index (Phi) is 4.99. The van der Waals surface area contributed by atoms with Crippen LogP contribution in [0.2, 0.25) is 0 Å². The quantitative estimate of drug-likeness (QED) is 0.558. The second-order valence-corrected chi connectivity index (χ2v) is 4.28. The molecule has 1 atom stereocenters. The van der Waals surface area contributed by atoms with Crippen molar-refractivity contribution in [3.8, 4) is 0 Å². The summed E-state index contributed by atoms with van der Waals surface area (Å²) in [5.41, 5.74) is 0.813. The highest BCUT2D eigenvalue weighted by molar-refractivity contribution is 7.11. The number of hydrogen-bond donors (Lipinski definition) is 0. The largest absolute Gasteiger partial charge is 0.466 e. The smallest absolute Gasteiger partial charge is 0.313 e. The van der Waals surface area contributed by atoms with Gasteiger partial charge < -0.3 is 4.74 Å². The first-order chi connectivity index (χ1) is 7.70. The molecule has 0 aromatic carbocycles. The predicted molar refractivity (Wildman–Crippen MR) is 68.3 cm³/mol. The Morgan fingerprint density at radius 3 is 2.94 bits per heavy atom. The number of thiophene rings is 1. The van der Waals surface area contributed by atoms with Crippen molar-refractivity contribution in [2.24, 2.45) is 5.92 Å². The zero-order chi connectivity index (χ0) is 12.0. The Hall–Kier alpha value is -1.35. The molecular weight excluding hydrogens is 220 g/mol. The fourth-order valence-electron chi connectivity index (χ4n) is 1.42. The highest BCUT2D eigenvalue weighted by Gasteiger charge is 2.22. The van der Waals surface area contributed by atoms with Gasteiger partial charge in [0.1, 0.15) is 0 Å². The second-order valence-electron chi connectivity index (χ2n) is 3.33. The maximum Gasteiger partial charge on any atom is 0.313 e. The molecule has 0 spiro atoms. The van der Waals surface area contributed by atoms with E-state index in [-0.39, 0.29) is 11.9 Å². The number of allylic oxidation sites excluding steroid dienone is 1. The minimum atomic E-state index is -0.309. The zero-order valence-corrected chi connectivity index (χ0v) is 10.3. The van der Waals surface area contributed by atoms with Crippen LogP contribution in [0.3, 0.4) is 0 Å². The van der Waals surface area contributed by atoms with Crippen molar-refractivity contribution in [1.82, 2.24) is 0 Å². The second kappa shape index (κ2) is 6.28. The molecule has 1 aromatic heterocycles. The van der Waals surface area contributed by atoms with Crippen LogP contribution in [0, 0.1) is 5.92 Å². The van der Waals surface area contributed by atoms with Crippen LogP contribution in [0.5, 0.6) is 0 Å². The van der Waals surface area contributed by atoms with E-state index in [0.29, 0.717) is 13.0 Å². The molecule has 16 heavy (non-hydrogen) atoms. The summed E-state index contributed by atoms with van der Waals surface area (Å²) in [6.07, 6.45) is 2.29.